The Kier molecular flexibility index (Phi) is 6.87. The van der Waals surface area contributed by atoms with E-state index in [0.29, 0.717) is 23.7 Å². The van der Waals surface area contributed by atoms with Crippen molar-refractivity contribution in [3.63, 3.8) is 0 Å². The molecule has 1 heterocycles. The summed E-state index contributed by atoms with van der Waals surface area (Å²) in [5, 5.41) is 8.01. The molecule has 2 aromatic carbocycles. The maximum absolute atomic E-state index is 13.3. The molecule has 0 saturated carbocycles. The molecule has 0 aliphatic carbocycles. The van der Waals surface area contributed by atoms with Crippen LogP contribution in [0.3, 0.4) is 0 Å². The summed E-state index contributed by atoms with van der Waals surface area (Å²) < 4.78 is 26.4. The summed E-state index contributed by atoms with van der Waals surface area (Å²) in [4.78, 5) is 27.2. The summed E-state index contributed by atoms with van der Waals surface area (Å²) in [5.41, 5.74) is 1.87. The fourth-order valence-corrected chi connectivity index (χ4v) is 3.29. The van der Waals surface area contributed by atoms with Gasteiger partial charge in [0.1, 0.15) is 0 Å². The zero-order valence-corrected chi connectivity index (χ0v) is 17.1. The smallest absolute Gasteiger partial charge is 0.323 e. The van der Waals surface area contributed by atoms with E-state index >= 15 is 0 Å². The molecule has 3 amide bonds. The summed E-state index contributed by atoms with van der Waals surface area (Å²) in [6, 6.07) is 7.65. The van der Waals surface area contributed by atoms with Gasteiger partial charge in [0.25, 0.3) is 5.91 Å². The molecule has 0 bridgehead atoms. The Morgan fingerprint density at radius 1 is 0.967 bits per heavy atom. The maximum atomic E-state index is 13.3. The monoisotopic (exact) mass is 416 g/mol. The maximum Gasteiger partial charge on any atom is 0.323 e. The fourth-order valence-electron chi connectivity index (χ4n) is 3.29. The molecule has 0 atom stereocenters. The van der Waals surface area contributed by atoms with Crippen LogP contribution in [0.1, 0.15) is 37.0 Å². The summed E-state index contributed by atoms with van der Waals surface area (Å²) in [7, 11) is 0. The Balaban J connectivity index is 1.76. The molecular formula is C22H26F2N4O2. The Labute approximate surface area is 174 Å². The van der Waals surface area contributed by atoms with Gasteiger partial charge in [-0.1, -0.05) is 13.8 Å². The first kappa shape index (κ1) is 21.5. The highest BCUT2D eigenvalue weighted by molar-refractivity contribution is 6.04. The van der Waals surface area contributed by atoms with Crippen LogP contribution >= 0.6 is 0 Å². The van der Waals surface area contributed by atoms with Crippen LogP contribution in [0, 0.1) is 17.6 Å². The van der Waals surface area contributed by atoms with Crippen molar-refractivity contribution in [2.24, 2.45) is 5.92 Å². The number of benzene rings is 2. The third-order valence-electron chi connectivity index (χ3n) is 4.79. The van der Waals surface area contributed by atoms with E-state index in [2.05, 4.69) is 20.9 Å². The number of halogens is 2. The quantitative estimate of drug-likeness (QED) is 0.645. The van der Waals surface area contributed by atoms with Gasteiger partial charge in [-0.25, -0.2) is 13.6 Å². The molecule has 160 valence electrons. The third kappa shape index (κ3) is 5.46. The predicted octanol–water partition coefficient (Wildman–Crippen LogP) is 4.59. The molecule has 3 N–H and O–H groups in total. The van der Waals surface area contributed by atoms with Crippen LogP contribution in [0.4, 0.5) is 30.6 Å². The number of carbonyl (C=O) groups is 2. The number of nitrogens with zero attached hydrogens (tertiary/aromatic N) is 1. The molecule has 1 fully saturated rings. The van der Waals surface area contributed by atoms with Crippen molar-refractivity contribution in [1.29, 1.82) is 0 Å². The number of amides is 3. The number of hydrogen-bond acceptors (Lipinski definition) is 3. The molecule has 1 saturated heterocycles. The van der Waals surface area contributed by atoms with E-state index in [0.717, 1.165) is 43.8 Å². The Hall–Kier alpha value is -3.16. The largest absolute Gasteiger partial charge is 0.371 e. The molecule has 0 unspecified atom stereocenters. The van der Waals surface area contributed by atoms with Crippen molar-refractivity contribution in [2.45, 2.75) is 26.7 Å². The van der Waals surface area contributed by atoms with Crippen LogP contribution in [0.5, 0.6) is 0 Å². The molecule has 0 aromatic heterocycles. The van der Waals surface area contributed by atoms with Gasteiger partial charge in [0.05, 0.1) is 5.56 Å². The summed E-state index contributed by atoms with van der Waals surface area (Å²) in [5.74, 6) is -1.93. The molecule has 1 aliphatic heterocycles. The average Bonchev–Trinajstić information content (AvgIpc) is 3.23. The van der Waals surface area contributed by atoms with E-state index in [-0.39, 0.29) is 11.6 Å². The van der Waals surface area contributed by atoms with Gasteiger partial charge in [-0.2, -0.15) is 0 Å². The van der Waals surface area contributed by atoms with Crippen LogP contribution in [0.2, 0.25) is 0 Å². The Bertz CT molecular complexity index is 927. The van der Waals surface area contributed by atoms with Gasteiger partial charge in [-0.05, 0) is 49.1 Å². The number of rotatable bonds is 6. The van der Waals surface area contributed by atoms with Gasteiger partial charge in [0.2, 0.25) is 0 Å². The number of nitrogens with one attached hydrogen (secondary N) is 3. The van der Waals surface area contributed by atoms with E-state index in [1.54, 1.807) is 12.1 Å². The van der Waals surface area contributed by atoms with Crippen molar-refractivity contribution in [3.8, 4) is 0 Å². The number of urea groups is 1. The molecular weight excluding hydrogens is 390 g/mol. The van der Waals surface area contributed by atoms with Crippen LogP contribution < -0.4 is 20.9 Å². The van der Waals surface area contributed by atoms with Gasteiger partial charge in [-0.15, -0.1) is 0 Å². The van der Waals surface area contributed by atoms with Gasteiger partial charge >= 0.3 is 6.03 Å². The number of anilines is 3. The van der Waals surface area contributed by atoms with Gasteiger partial charge in [0.15, 0.2) is 11.6 Å². The fraction of sp³-hybridized carbons (Fsp3) is 0.364. The lowest BCUT2D eigenvalue weighted by molar-refractivity contribution is 0.0949. The van der Waals surface area contributed by atoms with Crippen molar-refractivity contribution >= 4 is 29.0 Å². The standard InChI is InChI=1S/C22H26F2N4O2/c1-14(2)13-25-21(29)17-11-15(6-8-20(17)28-9-3-4-10-28)26-22(30)27-16-5-7-18(23)19(24)12-16/h5-8,11-12,14H,3-4,9-10,13H2,1-2H3,(H,25,29)(H2,26,27,30). The summed E-state index contributed by atoms with van der Waals surface area (Å²) in [6.07, 6.45) is 2.15. The first-order valence-corrected chi connectivity index (χ1v) is 10.0. The number of hydrogen-bond donors (Lipinski definition) is 3. The lowest BCUT2D eigenvalue weighted by atomic mass is 10.1. The SMILES string of the molecule is CC(C)CNC(=O)c1cc(NC(=O)Nc2ccc(F)c(F)c2)ccc1N1CCCC1. The van der Waals surface area contributed by atoms with Crippen LogP contribution in [-0.4, -0.2) is 31.6 Å². The van der Waals surface area contributed by atoms with Crippen LogP contribution in [0.25, 0.3) is 0 Å². The molecule has 30 heavy (non-hydrogen) atoms. The highest BCUT2D eigenvalue weighted by Gasteiger charge is 2.20. The Morgan fingerprint density at radius 2 is 1.60 bits per heavy atom. The lowest BCUT2D eigenvalue weighted by Gasteiger charge is -2.22. The molecule has 0 radical (unpaired) electrons. The molecule has 0 spiro atoms. The minimum Gasteiger partial charge on any atom is -0.371 e. The van der Waals surface area contributed by atoms with Crippen molar-refractivity contribution in [1.82, 2.24) is 5.32 Å². The second kappa shape index (κ2) is 9.56. The van der Waals surface area contributed by atoms with Crippen molar-refractivity contribution in [2.75, 3.05) is 35.2 Å². The first-order valence-electron chi connectivity index (χ1n) is 10.0. The van der Waals surface area contributed by atoms with Crippen molar-refractivity contribution < 1.29 is 18.4 Å². The van der Waals surface area contributed by atoms with Crippen LogP contribution in [0.15, 0.2) is 36.4 Å². The Morgan fingerprint density at radius 3 is 2.23 bits per heavy atom. The second-order valence-electron chi connectivity index (χ2n) is 7.74. The van der Waals surface area contributed by atoms with E-state index < -0.39 is 17.7 Å². The van der Waals surface area contributed by atoms with Crippen LogP contribution in [-0.2, 0) is 0 Å². The molecule has 8 heteroatoms. The minimum absolute atomic E-state index is 0.120. The minimum atomic E-state index is -1.05. The molecule has 6 nitrogen and oxygen atoms in total. The van der Waals surface area contributed by atoms with E-state index in [1.165, 1.54) is 6.07 Å². The first-order chi connectivity index (χ1) is 14.3. The molecule has 3 rings (SSSR count). The topological polar surface area (TPSA) is 73.5 Å². The summed E-state index contributed by atoms with van der Waals surface area (Å²) in [6.45, 7) is 6.35. The average molecular weight is 416 g/mol. The number of carbonyl (C=O) groups excluding carboxylic acids is 2. The zero-order valence-electron chi connectivity index (χ0n) is 17.1. The second-order valence-corrected chi connectivity index (χ2v) is 7.74. The highest BCUT2D eigenvalue weighted by Crippen LogP contribution is 2.28. The summed E-state index contributed by atoms with van der Waals surface area (Å²) >= 11 is 0. The normalized spacial score (nSPS) is 13.4. The molecule has 2 aromatic rings. The van der Waals surface area contributed by atoms with E-state index in [4.69, 9.17) is 0 Å². The zero-order chi connectivity index (χ0) is 21.7. The molecule has 1 aliphatic rings. The van der Waals surface area contributed by atoms with Gasteiger partial charge in [-0.3, -0.25) is 4.79 Å². The van der Waals surface area contributed by atoms with Gasteiger partial charge < -0.3 is 20.9 Å². The van der Waals surface area contributed by atoms with Crippen molar-refractivity contribution in [3.05, 3.63) is 53.6 Å². The highest BCUT2D eigenvalue weighted by atomic mass is 19.2. The third-order valence-corrected chi connectivity index (χ3v) is 4.79. The van der Waals surface area contributed by atoms with E-state index in [9.17, 15) is 18.4 Å². The van der Waals surface area contributed by atoms with Gasteiger partial charge in [0, 0.05) is 42.8 Å². The van der Waals surface area contributed by atoms with E-state index in [1.807, 2.05) is 19.9 Å². The lowest BCUT2D eigenvalue weighted by Crippen LogP contribution is -2.30. The predicted molar refractivity (Wildman–Crippen MR) is 114 cm³/mol.